The highest BCUT2D eigenvalue weighted by Gasteiger charge is 2.53. The molecule has 0 radical (unpaired) electrons. The number of carbonyl (C=O) groups is 1. The third-order valence-corrected chi connectivity index (χ3v) is 6.66. The second-order valence-corrected chi connectivity index (χ2v) is 8.59. The average molecular weight is 345 g/mol. The molecule has 5 heteroatoms. The van der Waals surface area contributed by atoms with E-state index in [0.29, 0.717) is 12.5 Å². The topological polar surface area (TPSA) is 49.6 Å². The first-order valence-electron chi connectivity index (χ1n) is 10.0. The molecule has 1 saturated carbocycles. The van der Waals surface area contributed by atoms with Gasteiger partial charge in [0.15, 0.2) is 0 Å². The van der Waals surface area contributed by atoms with Gasteiger partial charge in [-0.1, -0.05) is 24.4 Å². The molecule has 25 heavy (non-hydrogen) atoms. The number of aryl methyl sites for hydroxylation is 2. The summed E-state index contributed by atoms with van der Waals surface area (Å²) >= 11 is 0. The molecule has 0 unspecified atom stereocenters. The fraction of sp³-hybridized carbons (Fsp3) is 0.800. The van der Waals surface area contributed by atoms with Crippen LogP contribution in [0.1, 0.15) is 62.0 Å². The summed E-state index contributed by atoms with van der Waals surface area (Å²) in [7, 11) is 0. The standard InChI is InChI=1S/C20H31N3O2/c1-15-18(16(2)25-21-15)12-23-14-20(19(23)24)9-6-10-22(13-20)11-17-7-4-3-5-8-17/h17H,3-14H2,1-2H3/t20-/m0/s1. The molecule has 1 aromatic heterocycles. The Morgan fingerprint density at radius 2 is 1.96 bits per heavy atom. The van der Waals surface area contributed by atoms with Crippen LogP contribution >= 0.6 is 0 Å². The normalized spacial score (nSPS) is 28.6. The van der Waals surface area contributed by atoms with E-state index in [1.807, 2.05) is 18.7 Å². The Morgan fingerprint density at radius 3 is 2.64 bits per heavy atom. The van der Waals surface area contributed by atoms with Crippen LogP contribution in [0.3, 0.4) is 0 Å². The molecule has 3 fully saturated rings. The summed E-state index contributed by atoms with van der Waals surface area (Å²) in [6.45, 7) is 8.80. The van der Waals surface area contributed by atoms with Crippen molar-refractivity contribution >= 4 is 5.91 Å². The molecule has 2 aliphatic heterocycles. The van der Waals surface area contributed by atoms with Crippen molar-refractivity contribution < 1.29 is 9.32 Å². The van der Waals surface area contributed by atoms with E-state index in [0.717, 1.165) is 48.9 Å². The van der Waals surface area contributed by atoms with Crippen LogP contribution in [0.15, 0.2) is 4.52 Å². The first kappa shape index (κ1) is 17.1. The second kappa shape index (κ2) is 6.75. The fourth-order valence-corrected chi connectivity index (χ4v) is 5.22. The summed E-state index contributed by atoms with van der Waals surface area (Å²) in [6.07, 6.45) is 9.20. The highest BCUT2D eigenvalue weighted by atomic mass is 16.5. The van der Waals surface area contributed by atoms with Crippen LogP contribution in [-0.2, 0) is 11.3 Å². The molecule has 4 rings (SSSR count). The summed E-state index contributed by atoms with van der Waals surface area (Å²) in [6, 6.07) is 0. The van der Waals surface area contributed by atoms with E-state index in [4.69, 9.17) is 4.52 Å². The Morgan fingerprint density at radius 1 is 1.16 bits per heavy atom. The highest BCUT2D eigenvalue weighted by Crippen LogP contribution is 2.42. The van der Waals surface area contributed by atoms with Gasteiger partial charge in [0.25, 0.3) is 0 Å². The van der Waals surface area contributed by atoms with E-state index < -0.39 is 0 Å². The van der Waals surface area contributed by atoms with Crippen molar-refractivity contribution in [2.24, 2.45) is 11.3 Å². The maximum absolute atomic E-state index is 13.0. The largest absolute Gasteiger partial charge is 0.361 e. The lowest BCUT2D eigenvalue weighted by molar-refractivity contribution is -0.167. The zero-order valence-electron chi connectivity index (χ0n) is 15.7. The molecule has 0 aromatic carbocycles. The maximum atomic E-state index is 13.0. The zero-order valence-corrected chi connectivity index (χ0v) is 15.7. The lowest BCUT2D eigenvalue weighted by atomic mass is 9.72. The molecular weight excluding hydrogens is 314 g/mol. The van der Waals surface area contributed by atoms with Crippen LogP contribution < -0.4 is 0 Å². The molecule has 3 heterocycles. The molecule has 138 valence electrons. The van der Waals surface area contributed by atoms with E-state index in [1.54, 1.807) is 0 Å². The van der Waals surface area contributed by atoms with Gasteiger partial charge in [-0.25, -0.2) is 0 Å². The summed E-state index contributed by atoms with van der Waals surface area (Å²) in [4.78, 5) is 17.6. The van der Waals surface area contributed by atoms with Gasteiger partial charge in [0, 0.05) is 25.2 Å². The number of rotatable bonds is 4. The number of aromatic nitrogens is 1. The predicted molar refractivity (Wildman–Crippen MR) is 96.1 cm³/mol. The van der Waals surface area contributed by atoms with E-state index in [2.05, 4.69) is 10.1 Å². The van der Waals surface area contributed by atoms with Crippen molar-refractivity contribution in [1.29, 1.82) is 0 Å². The van der Waals surface area contributed by atoms with E-state index >= 15 is 0 Å². The van der Waals surface area contributed by atoms with Gasteiger partial charge in [0.05, 0.1) is 17.7 Å². The van der Waals surface area contributed by atoms with Crippen molar-refractivity contribution in [3.05, 3.63) is 17.0 Å². The van der Waals surface area contributed by atoms with Crippen molar-refractivity contribution in [1.82, 2.24) is 15.0 Å². The highest BCUT2D eigenvalue weighted by molar-refractivity contribution is 5.89. The molecule has 1 aromatic rings. The van der Waals surface area contributed by atoms with E-state index in [-0.39, 0.29) is 5.41 Å². The summed E-state index contributed by atoms with van der Waals surface area (Å²) in [5.74, 6) is 2.05. The number of likely N-dealkylation sites (tertiary alicyclic amines) is 2. The maximum Gasteiger partial charge on any atom is 0.232 e. The average Bonchev–Trinajstić information content (AvgIpc) is 2.94. The van der Waals surface area contributed by atoms with Crippen molar-refractivity contribution in [3.63, 3.8) is 0 Å². The van der Waals surface area contributed by atoms with Gasteiger partial charge >= 0.3 is 0 Å². The molecule has 2 saturated heterocycles. The third-order valence-electron chi connectivity index (χ3n) is 6.66. The minimum atomic E-state index is -0.105. The molecular formula is C20H31N3O2. The molecule has 0 bridgehead atoms. The minimum absolute atomic E-state index is 0.105. The van der Waals surface area contributed by atoms with E-state index in [1.165, 1.54) is 45.2 Å². The van der Waals surface area contributed by atoms with E-state index in [9.17, 15) is 4.79 Å². The minimum Gasteiger partial charge on any atom is -0.361 e. The van der Waals surface area contributed by atoms with Crippen molar-refractivity contribution in [2.45, 2.75) is 65.3 Å². The number of hydrogen-bond acceptors (Lipinski definition) is 4. The Labute approximate surface area is 150 Å². The number of β-lactam (4-membered cyclic amide) rings is 1. The lowest BCUT2D eigenvalue weighted by Gasteiger charge is -2.53. The van der Waals surface area contributed by atoms with Gasteiger partial charge in [-0.2, -0.15) is 0 Å². The van der Waals surface area contributed by atoms with Gasteiger partial charge in [0.2, 0.25) is 5.91 Å². The van der Waals surface area contributed by atoms with Crippen LogP contribution in [0, 0.1) is 25.2 Å². The predicted octanol–water partition coefficient (Wildman–Crippen LogP) is 3.30. The Bertz CT molecular complexity index is 615. The monoisotopic (exact) mass is 345 g/mol. The molecule has 1 spiro atoms. The van der Waals surface area contributed by atoms with Gasteiger partial charge in [0.1, 0.15) is 5.76 Å². The fourth-order valence-electron chi connectivity index (χ4n) is 5.22. The SMILES string of the molecule is Cc1noc(C)c1CN1C[C@@]2(CCCN(CC3CCCCC3)C2)C1=O. The number of piperidine rings is 1. The molecule has 0 N–H and O–H groups in total. The van der Waals surface area contributed by atoms with Crippen molar-refractivity contribution in [3.8, 4) is 0 Å². The lowest BCUT2D eigenvalue weighted by Crippen LogP contribution is -2.66. The number of amides is 1. The number of carbonyl (C=O) groups excluding carboxylic acids is 1. The number of nitrogens with zero attached hydrogens (tertiary/aromatic N) is 3. The number of hydrogen-bond donors (Lipinski definition) is 0. The van der Waals surface area contributed by atoms with Gasteiger partial charge in [-0.15, -0.1) is 0 Å². The van der Waals surface area contributed by atoms with Crippen LogP contribution in [-0.4, -0.2) is 47.0 Å². The van der Waals surface area contributed by atoms with Crippen LogP contribution in [0.25, 0.3) is 0 Å². The van der Waals surface area contributed by atoms with Gasteiger partial charge in [-0.3, -0.25) is 4.79 Å². The molecule has 5 nitrogen and oxygen atoms in total. The molecule has 3 aliphatic rings. The Hall–Kier alpha value is -1.36. The van der Waals surface area contributed by atoms with Crippen molar-refractivity contribution in [2.75, 3.05) is 26.2 Å². The quantitative estimate of drug-likeness (QED) is 0.786. The zero-order chi connectivity index (χ0) is 17.4. The third kappa shape index (κ3) is 3.23. The second-order valence-electron chi connectivity index (χ2n) is 8.59. The smallest absolute Gasteiger partial charge is 0.232 e. The summed E-state index contributed by atoms with van der Waals surface area (Å²) in [5.41, 5.74) is 1.89. The molecule has 1 atom stereocenters. The summed E-state index contributed by atoms with van der Waals surface area (Å²) in [5, 5.41) is 4.01. The molecule has 1 amide bonds. The van der Waals surface area contributed by atoms with Gasteiger partial charge < -0.3 is 14.3 Å². The Balaban J connectivity index is 1.35. The Kier molecular flexibility index (Phi) is 4.61. The first-order chi connectivity index (χ1) is 12.1. The van der Waals surface area contributed by atoms with Crippen LogP contribution in [0.4, 0.5) is 0 Å². The van der Waals surface area contributed by atoms with Gasteiger partial charge in [-0.05, 0) is 52.0 Å². The first-order valence-corrected chi connectivity index (χ1v) is 10.0. The van der Waals surface area contributed by atoms with Crippen LogP contribution in [0.2, 0.25) is 0 Å². The van der Waals surface area contributed by atoms with Crippen LogP contribution in [0.5, 0.6) is 0 Å². The summed E-state index contributed by atoms with van der Waals surface area (Å²) < 4.78 is 5.24. The molecule has 1 aliphatic carbocycles.